The lowest BCUT2D eigenvalue weighted by atomic mass is 10.2. The topological polar surface area (TPSA) is 61.6 Å². The number of rotatable bonds is 2. The minimum absolute atomic E-state index is 0.0887. The van der Waals surface area contributed by atoms with Gasteiger partial charge in [0, 0.05) is 12.4 Å². The van der Waals surface area contributed by atoms with E-state index < -0.39 is 5.82 Å². The molecule has 6 heteroatoms. The highest BCUT2D eigenvalue weighted by molar-refractivity contribution is 6.31. The van der Waals surface area contributed by atoms with E-state index in [1.807, 2.05) is 0 Å². The van der Waals surface area contributed by atoms with Crippen LogP contribution in [0.5, 0.6) is 0 Å². The van der Waals surface area contributed by atoms with Crippen LogP contribution in [0, 0.1) is 17.1 Å². The van der Waals surface area contributed by atoms with E-state index >= 15 is 0 Å². The molecule has 17 heavy (non-hydrogen) atoms. The number of benzene rings is 1. The van der Waals surface area contributed by atoms with Gasteiger partial charge in [0.05, 0.1) is 5.69 Å². The molecule has 0 amide bonds. The summed E-state index contributed by atoms with van der Waals surface area (Å²) in [6.07, 6.45) is 2.88. The molecule has 1 heterocycles. The molecule has 0 saturated heterocycles. The van der Waals surface area contributed by atoms with Crippen LogP contribution in [0.15, 0.2) is 30.6 Å². The number of nitrogens with one attached hydrogen (secondary N) is 1. The van der Waals surface area contributed by atoms with Gasteiger partial charge in [-0.3, -0.25) is 0 Å². The van der Waals surface area contributed by atoms with Gasteiger partial charge in [0.2, 0.25) is 0 Å². The normalized spacial score (nSPS) is 9.71. The number of halogens is 2. The summed E-state index contributed by atoms with van der Waals surface area (Å²) in [6.45, 7) is 0. The summed E-state index contributed by atoms with van der Waals surface area (Å²) in [5.41, 5.74) is 0.212. The zero-order valence-corrected chi connectivity index (χ0v) is 9.24. The van der Waals surface area contributed by atoms with Gasteiger partial charge in [0.25, 0.3) is 0 Å². The molecule has 2 rings (SSSR count). The highest BCUT2D eigenvalue weighted by Crippen LogP contribution is 2.24. The quantitative estimate of drug-likeness (QED) is 0.888. The van der Waals surface area contributed by atoms with Crippen molar-refractivity contribution >= 4 is 23.1 Å². The highest BCUT2D eigenvalue weighted by Gasteiger charge is 2.10. The molecule has 84 valence electrons. The van der Waals surface area contributed by atoms with Crippen molar-refractivity contribution in [2.24, 2.45) is 0 Å². The molecule has 4 nitrogen and oxygen atoms in total. The van der Waals surface area contributed by atoms with Gasteiger partial charge in [-0.25, -0.2) is 14.4 Å². The number of nitriles is 1. The molecule has 1 aromatic heterocycles. The second kappa shape index (κ2) is 4.76. The van der Waals surface area contributed by atoms with Gasteiger partial charge < -0.3 is 5.32 Å². The van der Waals surface area contributed by atoms with Gasteiger partial charge in [-0.1, -0.05) is 17.7 Å². The zero-order valence-electron chi connectivity index (χ0n) is 8.48. The first-order chi connectivity index (χ1) is 8.22. The molecule has 0 bridgehead atoms. The van der Waals surface area contributed by atoms with Crippen LogP contribution in [-0.2, 0) is 0 Å². The largest absolute Gasteiger partial charge is 0.336 e. The second-order valence-electron chi connectivity index (χ2n) is 3.09. The Morgan fingerprint density at radius 1 is 1.29 bits per heavy atom. The molecule has 0 aliphatic carbocycles. The molecule has 0 spiro atoms. The molecule has 0 aliphatic heterocycles. The molecule has 0 atom stereocenters. The Bertz CT molecular complexity index is 594. The van der Waals surface area contributed by atoms with Crippen molar-refractivity contribution in [1.29, 1.82) is 5.26 Å². The monoisotopic (exact) mass is 248 g/mol. The smallest absolute Gasteiger partial charge is 0.171 e. The zero-order chi connectivity index (χ0) is 12.3. The van der Waals surface area contributed by atoms with Crippen molar-refractivity contribution in [2.75, 3.05) is 5.32 Å². The van der Waals surface area contributed by atoms with Gasteiger partial charge in [-0.2, -0.15) is 5.26 Å². The molecule has 0 fully saturated rings. The molecule has 0 saturated carbocycles. The van der Waals surface area contributed by atoms with Crippen molar-refractivity contribution in [3.05, 3.63) is 47.1 Å². The fourth-order valence-corrected chi connectivity index (χ4v) is 1.43. The van der Waals surface area contributed by atoms with E-state index in [4.69, 9.17) is 16.9 Å². The summed E-state index contributed by atoms with van der Waals surface area (Å²) in [5.74, 6) is -0.325. The minimum Gasteiger partial charge on any atom is -0.336 e. The van der Waals surface area contributed by atoms with Crippen LogP contribution in [-0.4, -0.2) is 9.97 Å². The fraction of sp³-hybridized carbons (Fsp3) is 0. The number of aromatic nitrogens is 2. The molecule has 0 aliphatic rings. The molecular formula is C11H6ClFN4. The summed E-state index contributed by atoms with van der Waals surface area (Å²) in [5, 5.41) is 11.8. The van der Waals surface area contributed by atoms with Crippen LogP contribution in [0.1, 0.15) is 5.56 Å². The first kappa shape index (κ1) is 11.3. The lowest BCUT2D eigenvalue weighted by Crippen LogP contribution is -1.99. The maximum atomic E-state index is 13.3. The SMILES string of the molecule is N#Cc1c(F)cccc1Nc1nccnc1Cl. The molecular weight excluding hydrogens is 243 g/mol. The first-order valence-corrected chi connectivity index (χ1v) is 5.02. The maximum absolute atomic E-state index is 13.3. The van der Waals surface area contributed by atoms with Crippen LogP contribution < -0.4 is 5.32 Å². The van der Waals surface area contributed by atoms with E-state index in [0.717, 1.165) is 0 Å². The van der Waals surface area contributed by atoms with E-state index in [1.54, 1.807) is 12.1 Å². The third kappa shape index (κ3) is 2.32. The van der Waals surface area contributed by atoms with Crippen LogP contribution in [0.2, 0.25) is 5.15 Å². The van der Waals surface area contributed by atoms with E-state index in [-0.39, 0.29) is 16.5 Å². The number of nitrogens with zero attached hydrogens (tertiary/aromatic N) is 3. The van der Waals surface area contributed by atoms with Crippen molar-refractivity contribution in [3.63, 3.8) is 0 Å². The van der Waals surface area contributed by atoms with E-state index in [0.29, 0.717) is 5.69 Å². The molecule has 1 aromatic carbocycles. The molecule has 1 N–H and O–H groups in total. The van der Waals surface area contributed by atoms with Crippen LogP contribution in [0.25, 0.3) is 0 Å². The minimum atomic E-state index is -0.600. The van der Waals surface area contributed by atoms with E-state index in [9.17, 15) is 4.39 Å². The van der Waals surface area contributed by atoms with Crippen molar-refractivity contribution in [3.8, 4) is 6.07 Å². The Labute approximate surface area is 102 Å². The van der Waals surface area contributed by atoms with Crippen molar-refractivity contribution < 1.29 is 4.39 Å². The van der Waals surface area contributed by atoms with E-state index in [2.05, 4.69) is 15.3 Å². The highest BCUT2D eigenvalue weighted by atomic mass is 35.5. The third-order valence-electron chi connectivity index (χ3n) is 2.03. The Kier molecular flexibility index (Phi) is 3.17. The summed E-state index contributed by atoms with van der Waals surface area (Å²) in [7, 11) is 0. The van der Waals surface area contributed by atoms with Crippen LogP contribution in [0.4, 0.5) is 15.9 Å². The average Bonchev–Trinajstić information content (AvgIpc) is 2.32. The van der Waals surface area contributed by atoms with Crippen molar-refractivity contribution in [2.45, 2.75) is 0 Å². The van der Waals surface area contributed by atoms with Crippen molar-refractivity contribution in [1.82, 2.24) is 9.97 Å². The van der Waals surface area contributed by atoms with Crippen LogP contribution in [0.3, 0.4) is 0 Å². The summed E-state index contributed by atoms with van der Waals surface area (Å²) < 4.78 is 13.3. The third-order valence-corrected chi connectivity index (χ3v) is 2.31. The van der Waals surface area contributed by atoms with Gasteiger partial charge in [-0.15, -0.1) is 0 Å². The van der Waals surface area contributed by atoms with Gasteiger partial charge in [0.1, 0.15) is 17.4 Å². The predicted molar refractivity (Wildman–Crippen MR) is 61.4 cm³/mol. The van der Waals surface area contributed by atoms with E-state index in [1.165, 1.54) is 24.5 Å². The number of anilines is 2. The number of hydrogen-bond acceptors (Lipinski definition) is 4. The van der Waals surface area contributed by atoms with Gasteiger partial charge in [0.15, 0.2) is 11.0 Å². The summed E-state index contributed by atoms with van der Waals surface area (Å²) in [6, 6.07) is 6.04. The lowest BCUT2D eigenvalue weighted by molar-refractivity contribution is 0.624. The van der Waals surface area contributed by atoms with Gasteiger partial charge in [-0.05, 0) is 12.1 Å². The fourth-order valence-electron chi connectivity index (χ4n) is 1.27. The summed E-state index contributed by atoms with van der Waals surface area (Å²) >= 11 is 5.80. The summed E-state index contributed by atoms with van der Waals surface area (Å²) in [4.78, 5) is 7.76. The number of hydrogen-bond donors (Lipinski definition) is 1. The molecule has 0 radical (unpaired) electrons. The Morgan fingerprint density at radius 3 is 2.76 bits per heavy atom. The average molecular weight is 249 g/mol. The lowest BCUT2D eigenvalue weighted by Gasteiger charge is -2.08. The standard InChI is InChI=1S/C11H6ClFN4/c12-10-11(16-5-4-15-10)17-9-3-1-2-8(13)7(9)6-14/h1-5H,(H,16,17). The second-order valence-corrected chi connectivity index (χ2v) is 3.45. The molecule has 0 unspecified atom stereocenters. The predicted octanol–water partition coefficient (Wildman–Crippen LogP) is 2.88. The molecule has 2 aromatic rings. The Balaban J connectivity index is 2.41. The maximum Gasteiger partial charge on any atom is 0.171 e. The Morgan fingerprint density at radius 2 is 2.06 bits per heavy atom. The Hall–Kier alpha value is -2.19. The van der Waals surface area contributed by atoms with Gasteiger partial charge >= 0.3 is 0 Å². The first-order valence-electron chi connectivity index (χ1n) is 4.64. The van der Waals surface area contributed by atoms with Crippen LogP contribution >= 0.6 is 11.6 Å².